The Hall–Kier alpha value is -0.690. The molecular formula is C7H6BrF2NO2S. The van der Waals surface area contributed by atoms with E-state index in [4.69, 9.17) is 0 Å². The molecule has 0 amide bonds. The highest BCUT2D eigenvalue weighted by Crippen LogP contribution is 2.14. The molecule has 0 aliphatic heterocycles. The minimum atomic E-state index is -3.52. The number of nitrogens with one attached hydrogen (secondary N) is 1. The number of alkyl halides is 1. The van der Waals surface area contributed by atoms with Crippen LogP contribution >= 0.6 is 15.9 Å². The van der Waals surface area contributed by atoms with Crippen LogP contribution < -0.4 is 4.72 Å². The lowest BCUT2D eigenvalue weighted by Gasteiger charge is -2.04. The highest BCUT2D eigenvalue weighted by atomic mass is 79.9. The Labute approximate surface area is 88.3 Å². The fourth-order valence-corrected chi connectivity index (χ4v) is 1.65. The van der Waals surface area contributed by atoms with Gasteiger partial charge in [-0.15, -0.1) is 0 Å². The van der Waals surface area contributed by atoms with E-state index in [1.807, 2.05) is 0 Å². The molecule has 0 aliphatic rings. The number of sulfonamides is 1. The summed E-state index contributed by atoms with van der Waals surface area (Å²) in [5.74, 6) is -2.12. The van der Waals surface area contributed by atoms with Gasteiger partial charge in [-0.3, -0.25) is 4.72 Å². The van der Waals surface area contributed by atoms with Crippen molar-refractivity contribution in [2.75, 3.05) is 9.38 Å². The third kappa shape index (κ3) is 2.91. The minimum absolute atomic E-state index is 0.0108. The van der Waals surface area contributed by atoms with Crippen LogP contribution in [0.15, 0.2) is 18.2 Å². The van der Waals surface area contributed by atoms with Crippen LogP contribution in [-0.2, 0) is 10.0 Å². The summed E-state index contributed by atoms with van der Waals surface area (Å²) in [4.78, 5) is 0. The maximum atomic E-state index is 12.6. The lowest BCUT2D eigenvalue weighted by atomic mass is 10.3. The van der Waals surface area contributed by atoms with Crippen molar-refractivity contribution in [2.45, 2.75) is 0 Å². The zero-order valence-electron chi connectivity index (χ0n) is 6.80. The Kier molecular flexibility index (Phi) is 3.43. The van der Waals surface area contributed by atoms with Crippen molar-refractivity contribution in [2.24, 2.45) is 0 Å². The van der Waals surface area contributed by atoms with E-state index in [0.29, 0.717) is 0 Å². The van der Waals surface area contributed by atoms with Crippen LogP contribution in [-0.4, -0.2) is 13.1 Å². The molecule has 0 fully saturated rings. The number of rotatable bonds is 3. The number of hydrogen-bond donors (Lipinski definition) is 1. The zero-order chi connectivity index (χ0) is 10.8. The molecule has 78 valence electrons. The topological polar surface area (TPSA) is 46.2 Å². The molecule has 0 radical (unpaired) electrons. The summed E-state index contributed by atoms with van der Waals surface area (Å²) in [6.07, 6.45) is 0. The van der Waals surface area contributed by atoms with Gasteiger partial charge in [-0.25, -0.2) is 17.2 Å². The standard InChI is InChI=1S/C7H6BrF2NO2S/c8-4-14(12,13)11-5-1-2-6(9)7(10)3-5/h1-3,11H,4H2. The molecule has 0 heterocycles. The molecule has 14 heavy (non-hydrogen) atoms. The van der Waals surface area contributed by atoms with E-state index in [2.05, 4.69) is 20.7 Å². The van der Waals surface area contributed by atoms with Crippen LogP contribution in [0.4, 0.5) is 14.5 Å². The molecule has 0 atom stereocenters. The first-order valence-corrected chi connectivity index (χ1v) is 6.23. The fraction of sp³-hybridized carbons (Fsp3) is 0.143. The molecule has 1 rings (SSSR count). The Balaban J connectivity index is 2.94. The van der Waals surface area contributed by atoms with Crippen LogP contribution in [0.2, 0.25) is 0 Å². The van der Waals surface area contributed by atoms with Crippen molar-refractivity contribution in [1.82, 2.24) is 0 Å². The third-order valence-electron chi connectivity index (χ3n) is 1.34. The highest BCUT2D eigenvalue weighted by Gasteiger charge is 2.09. The van der Waals surface area contributed by atoms with E-state index in [1.165, 1.54) is 0 Å². The van der Waals surface area contributed by atoms with Gasteiger partial charge in [0.05, 0.1) is 5.69 Å². The largest absolute Gasteiger partial charge is 0.283 e. The summed E-state index contributed by atoms with van der Waals surface area (Å²) in [7, 11) is -3.52. The fourth-order valence-electron chi connectivity index (χ4n) is 0.766. The number of hydrogen-bond acceptors (Lipinski definition) is 2. The van der Waals surface area contributed by atoms with E-state index in [9.17, 15) is 17.2 Å². The van der Waals surface area contributed by atoms with Crippen molar-refractivity contribution in [3.8, 4) is 0 Å². The van der Waals surface area contributed by atoms with Gasteiger partial charge in [0.25, 0.3) is 0 Å². The van der Waals surface area contributed by atoms with E-state index in [0.717, 1.165) is 18.2 Å². The molecule has 0 saturated heterocycles. The Morgan fingerprint density at radius 1 is 1.29 bits per heavy atom. The van der Waals surface area contributed by atoms with Crippen molar-refractivity contribution in [3.63, 3.8) is 0 Å². The molecule has 0 saturated carbocycles. The monoisotopic (exact) mass is 285 g/mol. The molecule has 0 aromatic heterocycles. The van der Waals surface area contributed by atoms with Crippen molar-refractivity contribution < 1.29 is 17.2 Å². The van der Waals surface area contributed by atoms with Gasteiger partial charge >= 0.3 is 0 Å². The summed E-state index contributed by atoms with van der Waals surface area (Å²) in [6.45, 7) is 0. The van der Waals surface area contributed by atoms with Crippen LogP contribution in [0.5, 0.6) is 0 Å². The van der Waals surface area contributed by atoms with Crippen molar-refractivity contribution >= 4 is 31.6 Å². The smallest absolute Gasteiger partial charge is 0.242 e. The maximum absolute atomic E-state index is 12.6. The van der Waals surface area contributed by atoms with Gasteiger partial charge in [-0.05, 0) is 12.1 Å². The summed E-state index contributed by atoms with van der Waals surface area (Å²) in [6, 6.07) is 2.76. The van der Waals surface area contributed by atoms with Gasteiger partial charge in [0, 0.05) is 6.07 Å². The lowest BCUT2D eigenvalue weighted by molar-refractivity contribution is 0.509. The lowest BCUT2D eigenvalue weighted by Crippen LogP contribution is -2.13. The van der Waals surface area contributed by atoms with Crippen molar-refractivity contribution in [1.29, 1.82) is 0 Å². The first kappa shape index (κ1) is 11.4. The van der Waals surface area contributed by atoms with Gasteiger partial charge < -0.3 is 0 Å². The van der Waals surface area contributed by atoms with E-state index >= 15 is 0 Å². The van der Waals surface area contributed by atoms with Crippen LogP contribution in [0.25, 0.3) is 0 Å². The number of halogens is 3. The normalized spacial score (nSPS) is 11.4. The van der Waals surface area contributed by atoms with Gasteiger partial charge in [-0.2, -0.15) is 0 Å². The van der Waals surface area contributed by atoms with Gasteiger partial charge in [0.1, 0.15) is 4.66 Å². The Morgan fingerprint density at radius 3 is 2.43 bits per heavy atom. The van der Waals surface area contributed by atoms with Crippen molar-refractivity contribution in [3.05, 3.63) is 29.8 Å². The average molecular weight is 286 g/mol. The second-order valence-electron chi connectivity index (χ2n) is 2.45. The van der Waals surface area contributed by atoms with E-state index < -0.39 is 21.7 Å². The molecule has 7 heteroatoms. The predicted octanol–water partition coefficient (Wildman–Crippen LogP) is 2.06. The predicted molar refractivity (Wildman–Crippen MR) is 52.7 cm³/mol. The maximum Gasteiger partial charge on any atom is 0.242 e. The van der Waals surface area contributed by atoms with Gasteiger partial charge in [-0.1, -0.05) is 15.9 Å². The van der Waals surface area contributed by atoms with Crippen LogP contribution in [0.3, 0.4) is 0 Å². The number of anilines is 1. The molecule has 1 N–H and O–H groups in total. The minimum Gasteiger partial charge on any atom is -0.283 e. The molecule has 0 unspecified atom stereocenters. The van der Waals surface area contributed by atoms with E-state index in [-0.39, 0.29) is 10.3 Å². The first-order chi connectivity index (χ1) is 6.44. The second kappa shape index (κ2) is 4.22. The first-order valence-electron chi connectivity index (χ1n) is 3.46. The summed E-state index contributed by atoms with van der Waals surface area (Å²) in [5, 5.41) is 0. The molecule has 1 aromatic rings. The molecule has 0 aliphatic carbocycles. The van der Waals surface area contributed by atoms with Crippen LogP contribution in [0.1, 0.15) is 0 Å². The molecular weight excluding hydrogens is 280 g/mol. The average Bonchev–Trinajstić information content (AvgIpc) is 2.11. The Morgan fingerprint density at radius 2 is 1.93 bits per heavy atom. The summed E-state index contributed by atoms with van der Waals surface area (Å²) in [5.41, 5.74) is -0.0108. The third-order valence-corrected chi connectivity index (χ3v) is 3.98. The van der Waals surface area contributed by atoms with Crippen LogP contribution in [0, 0.1) is 11.6 Å². The molecule has 1 aromatic carbocycles. The summed E-state index contributed by atoms with van der Waals surface area (Å²) >= 11 is 2.74. The highest BCUT2D eigenvalue weighted by molar-refractivity contribution is 9.10. The molecule has 0 spiro atoms. The van der Waals surface area contributed by atoms with Gasteiger partial charge in [0.2, 0.25) is 10.0 Å². The quantitative estimate of drug-likeness (QED) is 0.864. The summed E-state index contributed by atoms with van der Waals surface area (Å²) < 4.78 is 48.8. The zero-order valence-corrected chi connectivity index (χ0v) is 9.20. The SMILES string of the molecule is O=S(=O)(CBr)Nc1ccc(F)c(F)c1. The Bertz CT molecular complexity index is 435. The molecule has 0 bridgehead atoms. The number of benzene rings is 1. The molecule has 3 nitrogen and oxygen atoms in total. The van der Waals surface area contributed by atoms with Gasteiger partial charge in [0.15, 0.2) is 11.6 Å². The van der Waals surface area contributed by atoms with E-state index in [1.54, 1.807) is 0 Å². The second-order valence-corrected chi connectivity index (χ2v) is 5.48.